The molecule has 0 saturated carbocycles. The molecule has 1 heterocycles. The van der Waals surface area contributed by atoms with Crippen molar-refractivity contribution >= 4 is 29.9 Å². The highest BCUT2D eigenvalue weighted by Crippen LogP contribution is 2.29. The van der Waals surface area contributed by atoms with Crippen LogP contribution in [-0.2, 0) is 17.8 Å². The van der Waals surface area contributed by atoms with Crippen LogP contribution in [0.5, 0.6) is 5.75 Å². The fourth-order valence-electron chi connectivity index (χ4n) is 2.04. The van der Waals surface area contributed by atoms with Crippen molar-refractivity contribution < 1.29 is 13.9 Å². The Morgan fingerprint density at radius 3 is 2.95 bits per heavy atom. The summed E-state index contributed by atoms with van der Waals surface area (Å²) in [5.41, 5.74) is 1.61. The Kier molecular flexibility index (Phi) is 7.00. The van der Waals surface area contributed by atoms with Crippen LogP contribution in [0, 0.1) is 5.82 Å². The fraction of sp³-hybridized carbons (Fsp3) is 0.462. The summed E-state index contributed by atoms with van der Waals surface area (Å²) in [6.45, 7) is 1.26. The van der Waals surface area contributed by atoms with Gasteiger partial charge in [-0.25, -0.2) is 4.39 Å². The Bertz CT molecular complexity index is 483. The number of rotatable bonds is 3. The van der Waals surface area contributed by atoms with E-state index in [1.807, 2.05) is 0 Å². The normalized spacial score (nSPS) is 13.8. The zero-order valence-corrected chi connectivity index (χ0v) is 13.9. The highest BCUT2D eigenvalue weighted by molar-refractivity contribution is 14.0. The van der Waals surface area contributed by atoms with Crippen molar-refractivity contribution in [3.05, 3.63) is 29.1 Å². The third kappa shape index (κ3) is 4.20. The van der Waals surface area contributed by atoms with E-state index in [1.54, 1.807) is 14.1 Å². The smallest absolute Gasteiger partial charge is 0.190 e. The summed E-state index contributed by atoms with van der Waals surface area (Å²) in [5, 5.41) is 6.05. The third-order valence-corrected chi connectivity index (χ3v) is 2.90. The van der Waals surface area contributed by atoms with E-state index >= 15 is 0 Å². The van der Waals surface area contributed by atoms with Crippen LogP contribution in [0.25, 0.3) is 0 Å². The molecule has 1 aliphatic rings. The second kappa shape index (κ2) is 8.25. The van der Waals surface area contributed by atoms with Gasteiger partial charge in [0.15, 0.2) is 12.8 Å². The predicted molar refractivity (Wildman–Crippen MR) is 86.2 cm³/mol. The quantitative estimate of drug-likeness (QED) is 0.465. The maximum Gasteiger partial charge on any atom is 0.190 e. The molecule has 0 radical (unpaired) electrons. The van der Waals surface area contributed by atoms with Crippen LogP contribution in [0.2, 0.25) is 0 Å². The summed E-state index contributed by atoms with van der Waals surface area (Å²) in [4.78, 5) is 4.01. The van der Waals surface area contributed by atoms with Gasteiger partial charge in [-0.15, -0.1) is 24.0 Å². The molecule has 2 rings (SSSR count). The van der Waals surface area contributed by atoms with Crippen LogP contribution in [0.15, 0.2) is 17.1 Å². The van der Waals surface area contributed by atoms with E-state index in [0.29, 0.717) is 25.5 Å². The minimum atomic E-state index is -0.263. The van der Waals surface area contributed by atoms with Gasteiger partial charge in [-0.3, -0.25) is 4.99 Å². The van der Waals surface area contributed by atoms with Crippen LogP contribution < -0.4 is 15.4 Å². The molecule has 0 unspecified atom stereocenters. The molecule has 0 amide bonds. The number of nitrogens with zero attached hydrogens (tertiary/aromatic N) is 1. The predicted octanol–water partition coefficient (Wildman–Crippen LogP) is 1.65. The van der Waals surface area contributed by atoms with Gasteiger partial charge in [0.1, 0.15) is 11.6 Å². The molecule has 0 fully saturated rings. The molecular formula is C13H19FIN3O2. The van der Waals surface area contributed by atoms with Gasteiger partial charge in [0.25, 0.3) is 0 Å². The molecule has 0 bridgehead atoms. The largest absolute Gasteiger partial charge is 0.467 e. The van der Waals surface area contributed by atoms with Crippen molar-refractivity contribution in [2.24, 2.45) is 4.99 Å². The minimum Gasteiger partial charge on any atom is -0.467 e. The van der Waals surface area contributed by atoms with Crippen molar-refractivity contribution in [2.75, 3.05) is 27.4 Å². The van der Waals surface area contributed by atoms with E-state index in [0.717, 1.165) is 16.9 Å². The molecule has 0 spiro atoms. The zero-order chi connectivity index (χ0) is 13.7. The van der Waals surface area contributed by atoms with Crippen molar-refractivity contribution in [3.63, 3.8) is 0 Å². The summed E-state index contributed by atoms with van der Waals surface area (Å²) < 4.78 is 24.1. The van der Waals surface area contributed by atoms with Crippen molar-refractivity contribution in [1.82, 2.24) is 10.6 Å². The number of benzene rings is 1. The average Bonchev–Trinajstić information content (AvgIpc) is 2.43. The Labute approximate surface area is 135 Å². The molecule has 1 aromatic carbocycles. The number of fused-ring (bicyclic) bond motifs is 1. The zero-order valence-electron chi connectivity index (χ0n) is 11.5. The number of halogens is 2. The number of hydrogen-bond donors (Lipinski definition) is 2. The number of ether oxygens (including phenoxy) is 2. The molecule has 7 heteroatoms. The van der Waals surface area contributed by atoms with Crippen molar-refractivity contribution in [3.8, 4) is 5.75 Å². The van der Waals surface area contributed by atoms with Crippen LogP contribution in [-0.4, -0.2) is 33.4 Å². The van der Waals surface area contributed by atoms with Gasteiger partial charge in [0.05, 0.1) is 6.61 Å². The summed E-state index contributed by atoms with van der Waals surface area (Å²) in [6, 6.07) is 2.96. The fourth-order valence-corrected chi connectivity index (χ4v) is 2.04. The highest BCUT2D eigenvalue weighted by Gasteiger charge is 2.16. The number of hydrogen-bond acceptors (Lipinski definition) is 3. The molecule has 0 saturated heterocycles. The monoisotopic (exact) mass is 395 g/mol. The van der Waals surface area contributed by atoms with Gasteiger partial charge in [-0.2, -0.15) is 0 Å². The molecule has 0 aliphatic carbocycles. The van der Waals surface area contributed by atoms with Gasteiger partial charge in [-0.1, -0.05) is 0 Å². The third-order valence-electron chi connectivity index (χ3n) is 2.90. The lowest BCUT2D eigenvalue weighted by Crippen LogP contribution is -2.35. The molecule has 112 valence electrons. The summed E-state index contributed by atoms with van der Waals surface area (Å²) in [5.74, 6) is 1.18. The van der Waals surface area contributed by atoms with E-state index in [-0.39, 0.29) is 36.6 Å². The van der Waals surface area contributed by atoms with Crippen LogP contribution in [0.1, 0.15) is 11.1 Å². The Morgan fingerprint density at radius 2 is 2.25 bits per heavy atom. The Morgan fingerprint density at radius 1 is 1.45 bits per heavy atom. The lowest BCUT2D eigenvalue weighted by molar-refractivity contribution is -0.0172. The van der Waals surface area contributed by atoms with E-state index in [1.165, 1.54) is 12.1 Å². The summed E-state index contributed by atoms with van der Waals surface area (Å²) in [6.07, 6.45) is 0.654. The molecular weight excluding hydrogens is 376 g/mol. The maximum atomic E-state index is 13.5. The second-order valence-corrected chi connectivity index (χ2v) is 4.16. The highest BCUT2D eigenvalue weighted by atomic mass is 127. The van der Waals surface area contributed by atoms with Gasteiger partial charge < -0.3 is 20.1 Å². The topological polar surface area (TPSA) is 54.9 Å². The van der Waals surface area contributed by atoms with Gasteiger partial charge >= 0.3 is 0 Å². The molecule has 0 atom stereocenters. The van der Waals surface area contributed by atoms with Crippen molar-refractivity contribution in [1.29, 1.82) is 0 Å². The van der Waals surface area contributed by atoms with Crippen LogP contribution >= 0.6 is 24.0 Å². The lowest BCUT2D eigenvalue weighted by atomic mass is 10.1. The Balaban J connectivity index is 0.00000200. The molecule has 0 aromatic heterocycles. The number of guanidine groups is 1. The van der Waals surface area contributed by atoms with Crippen molar-refractivity contribution in [2.45, 2.75) is 13.0 Å². The summed E-state index contributed by atoms with van der Waals surface area (Å²) in [7, 11) is 3.49. The SMILES string of the molecule is CN=C(NC)NCCc1cc(F)cc2c1OCOC2.I. The standard InChI is InChI=1S/C13H18FN3O2.HI/c1-15-13(16-2)17-4-3-9-5-11(14)6-10-7-18-8-19-12(9)10;/h5-6H,3-4,7-8H2,1-2H3,(H2,15,16,17);1H. The first-order valence-electron chi connectivity index (χ1n) is 6.15. The van der Waals surface area contributed by atoms with E-state index < -0.39 is 0 Å². The average molecular weight is 395 g/mol. The van der Waals surface area contributed by atoms with Gasteiger partial charge in [0, 0.05) is 26.2 Å². The number of aliphatic imine (C=N–C) groups is 1. The Hall–Kier alpha value is -1.09. The van der Waals surface area contributed by atoms with Crippen LogP contribution in [0.4, 0.5) is 4.39 Å². The van der Waals surface area contributed by atoms with Gasteiger partial charge in [-0.05, 0) is 24.1 Å². The second-order valence-electron chi connectivity index (χ2n) is 4.16. The molecule has 2 N–H and O–H groups in total. The molecule has 1 aromatic rings. The number of nitrogens with one attached hydrogen (secondary N) is 2. The van der Waals surface area contributed by atoms with Gasteiger partial charge in [0.2, 0.25) is 0 Å². The molecule has 20 heavy (non-hydrogen) atoms. The first kappa shape index (κ1) is 17.0. The molecule has 1 aliphatic heterocycles. The lowest BCUT2D eigenvalue weighted by Gasteiger charge is -2.21. The maximum absolute atomic E-state index is 13.5. The van der Waals surface area contributed by atoms with Crippen LogP contribution in [0.3, 0.4) is 0 Å². The first-order valence-corrected chi connectivity index (χ1v) is 6.15. The summed E-state index contributed by atoms with van der Waals surface area (Å²) >= 11 is 0. The minimum absolute atomic E-state index is 0. The molecule has 5 nitrogen and oxygen atoms in total. The first-order chi connectivity index (χ1) is 9.24. The van der Waals surface area contributed by atoms with E-state index in [4.69, 9.17) is 9.47 Å². The van der Waals surface area contributed by atoms with E-state index in [2.05, 4.69) is 15.6 Å². The van der Waals surface area contributed by atoms with E-state index in [9.17, 15) is 4.39 Å².